The Bertz CT molecular complexity index is 852. The van der Waals surface area contributed by atoms with Crippen LogP contribution in [0.2, 0.25) is 5.02 Å². The monoisotopic (exact) mass is 334 g/mol. The van der Waals surface area contributed by atoms with Crippen LogP contribution < -0.4 is 5.32 Å². The van der Waals surface area contributed by atoms with Gasteiger partial charge in [-0.25, -0.2) is 0 Å². The Morgan fingerprint density at radius 1 is 1.29 bits per heavy atom. The largest absolute Gasteiger partial charge is 0.352 e. The third-order valence-corrected chi connectivity index (χ3v) is 4.65. The first kappa shape index (κ1) is 14.3. The van der Waals surface area contributed by atoms with Crippen molar-refractivity contribution < 1.29 is 4.79 Å². The third kappa shape index (κ3) is 3.00. The van der Waals surface area contributed by atoms with E-state index in [2.05, 4.69) is 10.3 Å². The summed E-state index contributed by atoms with van der Waals surface area (Å²) in [5, 5.41) is 6.41. The highest BCUT2D eigenvalue weighted by molar-refractivity contribution is 7.71. The molecular weight excluding hydrogens is 324 g/mol. The lowest BCUT2D eigenvalue weighted by atomic mass is 10.2. The second-order valence-electron chi connectivity index (χ2n) is 4.50. The van der Waals surface area contributed by atoms with E-state index in [-0.39, 0.29) is 5.91 Å². The van der Waals surface area contributed by atoms with Crippen molar-refractivity contribution in [3.05, 3.63) is 62.6 Å². The standard InChI is InChI=1S/C15H11ClN2OS2/c16-10-3-1-9(2-4-10)7-17-14(19)12-8-18-15-11(13(12)20)5-6-21-15/h1-6,8H,7H2,(H,17,19)(H,18,20). The van der Waals surface area contributed by atoms with Crippen molar-refractivity contribution in [2.24, 2.45) is 0 Å². The van der Waals surface area contributed by atoms with E-state index in [1.54, 1.807) is 29.7 Å². The number of hydrogen-bond donors (Lipinski definition) is 2. The number of nitrogens with one attached hydrogen (secondary N) is 2. The summed E-state index contributed by atoms with van der Waals surface area (Å²) in [6, 6.07) is 9.28. The first-order valence-electron chi connectivity index (χ1n) is 6.26. The van der Waals surface area contributed by atoms with Crippen LogP contribution >= 0.6 is 35.2 Å². The molecule has 0 bridgehead atoms. The molecule has 0 aliphatic rings. The van der Waals surface area contributed by atoms with Gasteiger partial charge in [0.25, 0.3) is 5.91 Å². The van der Waals surface area contributed by atoms with Gasteiger partial charge in [0.2, 0.25) is 0 Å². The van der Waals surface area contributed by atoms with Gasteiger partial charge in [-0.2, -0.15) is 0 Å². The van der Waals surface area contributed by atoms with Gasteiger partial charge in [0, 0.05) is 23.2 Å². The van der Waals surface area contributed by atoms with E-state index < -0.39 is 0 Å². The minimum atomic E-state index is -0.181. The smallest absolute Gasteiger partial charge is 0.254 e. The zero-order chi connectivity index (χ0) is 14.8. The molecule has 0 fully saturated rings. The van der Waals surface area contributed by atoms with Gasteiger partial charge in [0.15, 0.2) is 0 Å². The summed E-state index contributed by atoms with van der Waals surface area (Å²) < 4.78 is 0.582. The van der Waals surface area contributed by atoms with E-state index in [9.17, 15) is 4.79 Å². The van der Waals surface area contributed by atoms with Crippen molar-refractivity contribution in [1.29, 1.82) is 0 Å². The van der Waals surface area contributed by atoms with E-state index in [1.807, 2.05) is 23.6 Å². The van der Waals surface area contributed by atoms with Gasteiger partial charge in [-0.05, 0) is 29.1 Å². The maximum atomic E-state index is 12.3. The molecule has 1 amide bonds. The summed E-state index contributed by atoms with van der Waals surface area (Å²) in [6.07, 6.45) is 1.67. The molecule has 3 aromatic rings. The van der Waals surface area contributed by atoms with Gasteiger partial charge in [-0.3, -0.25) is 4.79 Å². The second-order valence-corrected chi connectivity index (χ2v) is 6.26. The molecular formula is C15H11ClN2OS2. The summed E-state index contributed by atoms with van der Waals surface area (Å²) in [4.78, 5) is 16.3. The van der Waals surface area contributed by atoms with E-state index in [4.69, 9.17) is 23.8 Å². The molecule has 0 radical (unpaired) electrons. The molecule has 2 aromatic heterocycles. The number of rotatable bonds is 3. The normalized spacial score (nSPS) is 10.7. The average molecular weight is 335 g/mol. The minimum absolute atomic E-state index is 0.181. The van der Waals surface area contributed by atoms with Crippen LogP contribution in [0.15, 0.2) is 41.9 Å². The molecule has 0 aliphatic heterocycles. The predicted octanol–water partition coefficient (Wildman–Crippen LogP) is 4.54. The van der Waals surface area contributed by atoms with Gasteiger partial charge >= 0.3 is 0 Å². The number of carbonyl (C=O) groups excluding carboxylic acids is 1. The number of H-pyrrole nitrogens is 1. The minimum Gasteiger partial charge on any atom is -0.352 e. The zero-order valence-corrected chi connectivity index (χ0v) is 13.2. The number of fused-ring (bicyclic) bond motifs is 1. The number of amides is 1. The van der Waals surface area contributed by atoms with Gasteiger partial charge in [0.1, 0.15) is 4.83 Å². The van der Waals surface area contributed by atoms with Crippen LogP contribution in [-0.2, 0) is 6.54 Å². The quantitative estimate of drug-likeness (QED) is 0.690. The second kappa shape index (κ2) is 5.97. The maximum Gasteiger partial charge on any atom is 0.254 e. The number of halogens is 1. The van der Waals surface area contributed by atoms with Gasteiger partial charge in [-0.1, -0.05) is 36.0 Å². The summed E-state index contributed by atoms with van der Waals surface area (Å²) >= 11 is 12.8. The molecule has 0 atom stereocenters. The number of benzene rings is 1. The number of pyridine rings is 1. The summed E-state index contributed by atoms with van der Waals surface area (Å²) in [5.41, 5.74) is 1.48. The summed E-state index contributed by atoms with van der Waals surface area (Å²) in [7, 11) is 0. The van der Waals surface area contributed by atoms with Crippen molar-refractivity contribution in [3.63, 3.8) is 0 Å². The first-order chi connectivity index (χ1) is 10.1. The van der Waals surface area contributed by atoms with Crippen LogP contribution in [0.3, 0.4) is 0 Å². The molecule has 2 heterocycles. The molecule has 1 aromatic carbocycles. The lowest BCUT2D eigenvalue weighted by Gasteiger charge is -2.06. The Kier molecular flexibility index (Phi) is 4.05. The molecule has 3 nitrogen and oxygen atoms in total. The lowest BCUT2D eigenvalue weighted by Crippen LogP contribution is -2.23. The van der Waals surface area contributed by atoms with Crippen LogP contribution in [0, 0.1) is 4.51 Å². The fourth-order valence-corrected chi connectivity index (χ4v) is 3.27. The molecule has 0 aliphatic carbocycles. The average Bonchev–Trinajstić information content (AvgIpc) is 2.96. The van der Waals surface area contributed by atoms with Crippen LogP contribution in [-0.4, -0.2) is 10.9 Å². The molecule has 2 N–H and O–H groups in total. The van der Waals surface area contributed by atoms with Gasteiger partial charge < -0.3 is 10.3 Å². The SMILES string of the molecule is O=C(NCc1ccc(Cl)cc1)c1c[nH]c2sccc2c1=S. The summed E-state index contributed by atoms with van der Waals surface area (Å²) in [6.45, 7) is 0.437. The Morgan fingerprint density at radius 3 is 2.81 bits per heavy atom. The van der Waals surface area contributed by atoms with E-state index >= 15 is 0 Å². The molecule has 3 rings (SSSR count). The van der Waals surface area contributed by atoms with Crippen LogP contribution in [0.4, 0.5) is 0 Å². The number of carbonyl (C=O) groups is 1. The van der Waals surface area contributed by atoms with E-state index in [1.165, 1.54) is 0 Å². The Balaban J connectivity index is 1.79. The fourth-order valence-electron chi connectivity index (χ4n) is 2.00. The molecule has 0 unspecified atom stereocenters. The summed E-state index contributed by atoms with van der Waals surface area (Å²) in [5.74, 6) is -0.181. The van der Waals surface area contributed by atoms with Gasteiger partial charge in [-0.15, -0.1) is 11.3 Å². The Morgan fingerprint density at radius 2 is 2.05 bits per heavy atom. The molecule has 21 heavy (non-hydrogen) atoms. The number of thiophene rings is 1. The molecule has 6 heteroatoms. The van der Waals surface area contributed by atoms with Crippen molar-refractivity contribution >= 4 is 51.3 Å². The highest BCUT2D eigenvalue weighted by Gasteiger charge is 2.10. The molecule has 0 saturated carbocycles. The zero-order valence-electron chi connectivity index (χ0n) is 10.9. The topological polar surface area (TPSA) is 44.9 Å². The van der Waals surface area contributed by atoms with E-state index in [0.29, 0.717) is 21.6 Å². The number of aromatic amines is 1. The van der Waals surface area contributed by atoms with Crippen molar-refractivity contribution in [1.82, 2.24) is 10.3 Å². The highest BCUT2D eigenvalue weighted by atomic mass is 35.5. The highest BCUT2D eigenvalue weighted by Crippen LogP contribution is 2.21. The lowest BCUT2D eigenvalue weighted by molar-refractivity contribution is 0.0950. The number of aromatic nitrogens is 1. The fraction of sp³-hybridized carbons (Fsp3) is 0.0667. The Hall–Kier alpha value is -1.69. The predicted molar refractivity (Wildman–Crippen MR) is 89.6 cm³/mol. The molecule has 0 saturated heterocycles. The van der Waals surface area contributed by atoms with Crippen LogP contribution in [0.5, 0.6) is 0 Å². The molecule has 106 valence electrons. The van der Waals surface area contributed by atoms with Crippen molar-refractivity contribution in [3.8, 4) is 0 Å². The third-order valence-electron chi connectivity index (χ3n) is 3.11. The van der Waals surface area contributed by atoms with Crippen molar-refractivity contribution in [2.75, 3.05) is 0 Å². The van der Waals surface area contributed by atoms with E-state index in [0.717, 1.165) is 15.8 Å². The van der Waals surface area contributed by atoms with Crippen LogP contribution in [0.1, 0.15) is 15.9 Å². The Labute approximate surface area is 135 Å². The first-order valence-corrected chi connectivity index (χ1v) is 7.93. The van der Waals surface area contributed by atoms with Crippen LogP contribution in [0.25, 0.3) is 10.2 Å². The maximum absolute atomic E-state index is 12.3. The number of hydrogen-bond acceptors (Lipinski definition) is 3. The van der Waals surface area contributed by atoms with Gasteiger partial charge in [0.05, 0.1) is 10.1 Å². The molecule has 0 spiro atoms. The van der Waals surface area contributed by atoms with Crippen molar-refractivity contribution in [2.45, 2.75) is 6.54 Å².